The Bertz CT molecular complexity index is 560. The molecule has 0 spiro atoms. The standard InChI is InChI=1S/C11H16N6S/c1-7-5-8(2)17(15-7)9-3-4-16(6-9)11-14-13-10(12)18-11/h5,9H,3-4,6H2,1-2H3,(H2,12,13). The molecule has 96 valence electrons. The third kappa shape index (κ3) is 1.94. The molecule has 0 aliphatic carbocycles. The van der Waals surface area contributed by atoms with Crippen molar-refractivity contribution < 1.29 is 0 Å². The van der Waals surface area contributed by atoms with Gasteiger partial charge >= 0.3 is 0 Å². The second-order valence-electron chi connectivity index (χ2n) is 4.68. The smallest absolute Gasteiger partial charge is 0.210 e. The van der Waals surface area contributed by atoms with Gasteiger partial charge in [0, 0.05) is 18.8 Å². The quantitative estimate of drug-likeness (QED) is 0.887. The lowest BCUT2D eigenvalue weighted by molar-refractivity contribution is 0.481. The van der Waals surface area contributed by atoms with Gasteiger partial charge in [0.15, 0.2) is 0 Å². The summed E-state index contributed by atoms with van der Waals surface area (Å²) < 4.78 is 2.12. The van der Waals surface area contributed by atoms with Gasteiger partial charge < -0.3 is 10.6 Å². The molecule has 1 unspecified atom stereocenters. The highest BCUT2D eigenvalue weighted by Gasteiger charge is 2.27. The minimum Gasteiger partial charge on any atom is -0.374 e. The summed E-state index contributed by atoms with van der Waals surface area (Å²) in [6.45, 7) is 6.04. The van der Waals surface area contributed by atoms with Crippen molar-refractivity contribution in [2.45, 2.75) is 26.3 Å². The molecule has 18 heavy (non-hydrogen) atoms. The summed E-state index contributed by atoms with van der Waals surface area (Å²) in [5, 5.41) is 14.0. The first-order valence-electron chi connectivity index (χ1n) is 6.00. The maximum absolute atomic E-state index is 5.62. The van der Waals surface area contributed by atoms with E-state index < -0.39 is 0 Å². The van der Waals surface area contributed by atoms with Crippen molar-refractivity contribution in [3.05, 3.63) is 17.5 Å². The van der Waals surface area contributed by atoms with E-state index in [0.29, 0.717) is 11.2 Å². The highest BCUT2D eigenvalue weighted by molar-refractivity contribution is 7.18. The predicted molar refractivity (Wildman–Crippen MR) is 71.9 cm³/mol. The number of hydrogen-bond acceptors (Lipinski definition) is 6. The van der Waals surface area contributed by atoms with Crippen LogP contribution in [-0.4, -0.2) is 33.1 Å². The lowest BCUT2D eigenvalue weighted by Crippen LogP contribution is -2.21. The molecule has 0 saturated carbocycles. The van der Waals surface area contributed by atoms with Crippen molar-refractivity contribution in [1.29, 1.82) is 0 Å². The summed E-state index contributed by atoms with van der Waals surface area (Å²) in [5.74, 6) is 0. The van der Waals surface area contributed by atoms with Gasteiger partial charge in [-0.25, -0.2) is 0 Å². The molecule has 0 amide bonds. The summed E-state index contributed by atoms with van der Waals surface area (Å²) in [6, 6.07) is 2.54. The Morgan fingerprint density at radius 2 is 2.22 bits per heavy atom. The van der Waals surface area contributed by atoms with Crippen molar-refractivity contribution in [2.24, 2.45) is 0 Å². The van der Waals surface area contributed by atoms with E-state index in [9.17, 15) is 0 Å². The first-order valence-corrected chi connectivity index (χ1v) is 6.82. The summed E-state index contributed by atoms with van der Waals surface area (Å²) in [6.07, 6.45) is 1.08. The number of aryl methyl sites for hydroxylation is 2. The average Bonchev–Trinajstić information content (AvgIpc) is 2.98. The Balaban J connectivity index is 1.77. The first kappa shape index (κ1) is 11.5. The fourth-order valence-electron chi connectivity index (χ4n) is 2.49. The number of anilines is 2. The Hall–Kier alpha value is -1.63. The molecule has 1 aliphatic rings. The summed E-state index contributed by atoms with van der Waals surface area (Å²) in [4.78, 5) is 2.23. The number of nitrogen functional groups attached to an aromatic ring is 1. The molecule has 0 radical (unpaired) electrons. The molecule has 1 fully saturated rings. The molecule has 2 aromatic heterocycles. The van der Waals surface area contributed by atoms with Crippen molar-refractivity contribution >= 4 is 21.6 Å². The fraction of sp³-hybridized carbons (Fsp3) is 0.545. The van der Waals surface area contributed by atoms with Crippen LogP contribution in [0, 0.1) is 13.8 Å². The van der Waals surface area contributed by atoms with Gasteiger partial charge in [0.1, 0.15) is 0 Å². The van der Waals surface area contributed by atoms with Crippen LogP contribution in [0.25, 0.3) is 0 Å². The number of hydrogen-bond donors (Lipinski definition) is 1. The third-order valence-corrected chi connectivity index (χ3v) is 4.07. The molecule has 3 heterocycles. The van der Waals surface area contributed by atoms with E-state index in [0.717, 1.165) is 30.3 Å². The van der Waals surface area contributed by atoms with E-state index in [1.165, 1.54) is 17.0 Å². The summed E-state index contributed by atoms with van der Waals surface area (Å²) in [7, 11) is 0. The molecule has 1 saturated heterocycles. The van der Waals surface area contributed by atoms with Crippen molar-refractivity contribution in [3.63, 3.8) is 0 Å². The molecule has 2 aromatic rings. The molecular formula is C11H16N6S. The topological polar surface area (TPSA) is 72.9 Å². The second-order valence-corrected chi connectivity index (χ2v) is 5.67. The molecular weight excluding hydrogens is 248 g/mol. The number of aromatic nitrogens is 4. The molecule has 1 aliphatic heterocycles. The van der Waals surface area contributed by atoms with Crippen LogP contribution in [0.4, 0.5) is 10.3 Å². The van der Waals surface area contributed by atoms with Crippen LogP contribution < -0.4 is 10.6 Å². The fourth-order valence-corrected chi connectivity index (χ4v) is 3.13. The van der Waals surface area contributed by atoms with Crippen LogP contribution in [0.15, 0.2) is 6.07 Å². The molecule has 7 heteroatoms. The van der Waals surface area contributed by atoms with Crippen LogP contribution >= 0.6 is 11.3 Å². The minimum absolute atomic E-state index is 0.420. The lowest BCUT2D eigenvalue weighted by atomic mass is 10.2. The van der Waals surface area contributed by atoms with E-state index in [1.54, 1.807) is 0 Å². The van der Waals surface area contributed by atoms with Gasteiger partial charge in [-0.1, -0.05) is 11.3 Å². The van der Waals surface area contributed by atoms with Crippen molar-refractivity contribution in [1.82, 2.24) is 20.0 Å². The van der Waals surface area contributed by atoms with Crippen LogP contribution in [-0.2, 0) is 0 Å². The Kier molecular flexibility index (Phi) is 2.70. The van der Waals surface area contributed by atoms with Crippen LogP contribution in [0.5, 0.6) is 0 Å². The Labute approximate surface area is 109 Å². The molecule has 2 N–H and O–H groups in total. The SMILES string of the molecule is Cc1cc(C)n(C2CCN(c3nnc(N)s3)C2)n1. The van der Waals surface area contributed by atoms with E-state index in [-0.39, 0.29) is 0 Å². The van der Waals surface area contributed by atoms with E-state index >= 15 is 0 Å². The molecule has 0 bridgehead atoms. The highest BCUT2D eigenvalue weighted by Crippen LogP contribution is 2.30. The zero-order valence-electron chi connectivity index (χ0n) is 10.5. The molecule has 6 nitrogen and oxygen atoms in total. The number of nitrogens with two attached hydrogens (primary N) is 1. The van der Waals surface area contributed by atoms with Gasteiger partial charge in [0.05, 0.1) is 11.7 Å². The van der Waals surface area contributed by atoms with Crippen LogP contribution in [0.2, 0.25) is 0 Å². The van der Waals surface area contributed by atoms with E-state index in [4.69, 9.17) is 5.73 Å². The summed E-state index contributed by atoms with van der Waals surface area (Å²) >= 11 is 1.44. The molecule has 0 aromatic carbocycles. The maximum Gasteiger partial charge on any atom is 0.210 e. The van der Waals surface area contributed by atoms with Crippen molar-refractivity contribution in [3.8, 4) is 0 Å². The third-order valence-electron chi connectivity index (χ3n) is 3.25. The monoisotopic (exact) mass is 264 g/mol. The van der Waals surface area contributed by atoms with Gasteiger partial charge in [0.2, 0.25) is 10.3 Å². The predicted octanol–water partition coefficient (Wildman–Crippen LogP) is 1.39. The minimum atomic E-state index is 0.420. The number of nitrogens with zero attached hydrogens (tertiary/aromatic N) is 5. The zero-order valence-corrected chi connectivity index (χ0v) is 11.3. The largest absolute Gasteiger partial charge is 0.374 e. The lowest BCUT2D eigenvalue weighted by Gasteiger charge is -2.15. The second kappa shape index (κ2) is 4.24. The van der Waals surface area contributed by atoms with E-state index in [2.05, 4.69) is 37.9 Å². The van der Waals surface area contributed by atoms with Gasteiger partial charge in [-0.05, 0) is 26.3 Å². The van der Waals surface area contributed by atoms with Crippen LogP contribution in [0.1, 0.15) is 23.9 Å². The van der Waals surface area contributed by atoms with Gasteiger partial charge in [-0.2, -0.15) is 5.10 Å². The number of rotatable bonds is 2. The Morgan fingerprint density at radius 1 is 1.39 bits per heavy atom. The van der Waals surface area contributed by atoms with Gasteiger partial charge in [0.25, 0.3) is 0 Å². The van der Waals surface area contributed by atoms with Crippen LogP contribution in [0.3, 0.4) is 0 Å². The molecule has 3 rings (SSSR count). The first-order chi connectivity index (χ1) is 8.63. The van der Waals surface area contributed by atoms with Gasteiger partial charge in [-0.3, -0.25) is 4.68 Å². The normalized spacial score (nSPS) is 19.7. The summed E-state index contributed by atoms with van der Waals surface area (Å²) in [5.41, 5.74) is 7.91. The highest BCUT2D eigenvalue weighted by atomic mass is 32.1. The average molecular weight is 264 g/mol. The van der Waals surface area contributed by atoms with Crippen molar-refractivity contribution in [2.75, 3.05) is 23.7 Å². The van der Waals surface area contributed by atoms with Gasteiger partial charge in [-0.15, -0.1) is 10.2 Å². The maximum atomic E-state index is 5.62. The zero-order chi connectivity index (χ0) is 12.7. The molecule has 1 atom stereocenters. The van der Waals surface area contributed by atoms with E-state index in [1.807, 2.05) is 6.92 Å². The Morgan fingerprint density at radius 3 is 2.83 bits per heavy atom.